The maximum Gasteiger partial charge on any atom is 0.253 e. The fraction of sp³-hybridized carbons (Fsp3) is 0.235. The van der Waals surface area contributed by atoms with Gasteiger partial charge in [0, 0.05) is 29.7 Å². The summed E-state index contributed by atoms with van der Waals surface area (Å²) in [5.41, 5.74) is 1.17. The first-order chi connectivity index (χ1) is 11.8. The van der Waals surface area contributed by atoms with Gasteiger partial charge in [-0.25, -0.2) is 13.1 Å². The number of hydrogen-bond donors (Lipinski definition) is 1. The molecule has 0 spiro atoms. The van der Waals surface area contributed by atoms with Crippen molar-refractivity contribution in [2.24, 2.45) is 0 Å². The number of nitrogens with one attached hydrogen (secondary N) is 1. The lowest BCUT2D eigenvalue weighted by atomic mass is 10.1. The lowest BCUT2D eigenvalue weighted by Gasteiger charge is -2.19. The smallest absolute Gasteiger partial charge is 0.253 e. The Morgan fingerprint density at radius 2 is 1.84 bits per heavy atom. The Balaban J connectivity index is 2.19. The van der Waals surface area contributed by atoms with Gasteiger partial charge in [-0.3, -0.25) is 4.79 Å². The zero-order valence-corrected chi connectivity index (χ0v) is 15.7. The van der Waals surface area contributed by atoms with Crippen LogP contribution in [0.15, 0.2) is 47.4 Å². The van der Waals surface area contributed by atoms with Crippen LogP contribution in [0, 0.1) is 0 Å². The number of hydrogen-bond acceptors (Lipinski definition) is 4. The number of benzene rings is 2. The highest BCUT2D eigenvalue weighted by Crippen LogP contribution is 2.24. The van der Waals surface area contributed by atoms with Crippen molar-refractivity contribution in [3.63, 3.8) is 0 Å². The zero-order chi connectivity index (χ0) is 18.6. The normalized spacial score (nSPS) is 11.2. The summed E-state index contributed by atoms with van der Waals surface area (Å²) in [6.07, 6.45) is 0. The van der Waals surface area contributed by atoms with Gasteiger partial charge in [0.1, 0.15) is 5.75 Å². The standard InChI is InChI=1S/C17H19ClN2O4S/c1-19-25(22,23)15-7-4-12(5-8-15)17(21)20(2)11-13-10-14(18)6-9-16(13)24-3/h4-10,19H,11H2,1-3H3. The SMILES string of the molecule is CNS(=O)(=O)c1ccc(C(=O)N(C)Cc2cc(Cl)ccc2OC)cc1. The predicted octanol–water partition coefficient (Wildman–Crippen LogP) is 2.53. The van der Waals surface area contributed by atoms with E-state index in [0.29, 0.717) is 22.9 Å². The zero-order valence-electron chi connectivity index (χ0n) is 14.1. The van der Waals surface area contributed by atoms with Gasteiger partial charge in [0.15, 0.2) is 0 Å². The molecule has 1 amide bonds. The van der Waals surface area contributed by atoms with Crippen LogP contribution in [0.5, 0.6) is 5.75 Å². The van der Waals surface area contributed by atoms with E-state index in [1.165, 1.54) is 36.2 Å². The number of ether oxygens (including phenoxy) is 1. The molecule has 0 aliphatic rings. The van der Waals surface area contributed by atoms with Crippen LogP contribution < -0.4 is 9.46 Å². The topological polar surface area (TPSA) is 75.7 Å². The summed E-state index contributed by atoms with van der Waals surface area (Å²) in [6, 6.07) is 11.0. The Labute approximate surface area is 152 Å². The molecule has 0 aliphatic carbocycles. The summed E-state index contributed by atoms with van der Waals surface area (Å²) in [5, 5.41) is 0.554. The molecule has 0 bridgehead atoms. The largest absolute Gasteiger partial charge is 0.496 e. The molecule has 0 saturated heterocycles. The number of nitrogens with zero attached hydrogens (tertiary/aromatic N) is 1. The number of amides is 1. The molecular weight excluding hydrogens is 364 g/mol. The van der Waals surface area contributed by atoms with Crippen molar-refractivity contribution in [1.82, 2.24) is 9.62 Å². The van der Waals surface area contributed by atoms with Gasteiger partial charge >= 0.3 is 0 Å². The van der Waals surface area contributed by atoms with Crippen LogP contribution in [-0.2, 0) is 16.6 Å². The van der Waals surface area contributed by atoms with E-state index in [9.17, 15) is 13.2 Å². The molecule has 134 valence electrons. The van der Waals surface area contributed by atoms with Gasteiger partial charge < -0.3 is 9.64 Å². The number of halogens is 1. The second kappa shape index (κ2) is 7.86. The third-order valence-corrected chi connectivity index (χ3v) is 5.34. The number of sulfonamides is 1. The summed E-state index contributed by atoms with van der Waals surface area (Å²) in [7, 11) is 1.01. The molecule has 1 N–H and O–H groups in total. The molecule has 0 fully saturated rings. The molecule has 25 heavy (non-hydrogen) atoms. The second-order valence-corrected chi connectivity index (χ2v) is 7.67. The van der Waals surface area contributed by atoms with Gasteiger partial charge in [-0.05, 0) is 49.5 Å². The van der Waals surface area contributed by atoms with Crippen molar-refractivity contribution < 1.29 is 17.9 Å². The molecule has 2 aromatic carbocycles. The molecule has 8 heteroatoms. The van der Waals surface area contributed by atoms with Crippen LogP contribution in [0.4, 0.5) is 0 Å². The number of carbonyl (C=O) groups is 1. The number of methoxy groups -OCH3 is 1. The lowest BCUT2D eigenvalue weighted by Crippen LogP contribution is -2.26. The van der Waals surface area contributed by atoms with Crippen molar-refractivity contribution >= 4 is 27.5 Å². The van der Waals surface area contributed by atoms with E-state index < -0.39 is 10.0 Å². The van der Waals surface area contributed by atoms with E-state index >= 15 is 0 Å². The summed E-state index contributed by atoms with van der Waals surface area (Å²) in [6.45, 7) is 0.305. The van der Waals surface area contributed by atoms with Gasteiger partial charge in [-0.2, -0.15) is 0 Å². The Morgan fingerprint density at radius 1 is 1.20 bits per heavy atom. The summed E-state index contributed by atoms with van der Waals surface area (Å²) in [4.78, 5) is 14.2. The van der Waals surface area contributed by atoms with Crippen LogP contribution in [0.2, 0.25) is 5.02 Å². The third-order valence-electron chi connectivity index (χ3n) is 3.68. The molecular formula is C17H19ClN2O4S. The molecule has 6 nitrogen and oxygen atoms in total. The summed E-state index contributed by atoms with van der Waals surface area (Å²) in [5.74, 6) is 0.398. The van der Waals surface area contributed by atoms with E-state index in [4.69, 9.17) is 16.3 Å². The van der Waals surface area contributed by atoms with Crippen molar-refractivity contribution in [2.75, 3.05) is 21.2 Å². The lowest BCUT2D eigenvalue weighted by molar-refractivity contribution is 0.0784. The Hall–Kier alpha value is -2.09. The van der Waals surface area contributed by atoms with E-state index in [1.807, 2.05) is 0 Å². The van der Waals surface area contributed by atoms with Crippen LogP contribution in [0.25, 0.3) is 0 Å². The fourth-order valence-corrected chi connectivity index (χ4v) is 3.24. The van der Waals surface area contributed by atoms with E-state index in [2.05, 4.69) is 4.72 Å². The second-order valence-electron chi connectivity index (χ2n) is 5.35. The molecule has 0 saturated carbocycles. The first-order valence-corrected chi connectivity index (χ1v) is 9.26. The molecule has 0 unspecified atom stereocenters. The maximum atomic E-state index is 12.6. The van der Waals surface area contributed by atoms with Crippen molar-refractivity contribution in [1.29, 1.82) is 0 Å². The predicted molar refractivity (Wildman–Crippen MR) is 96.5 cm³/mol. The highest BCUT2D eigenvalue weighted by atomic mass is 35.5. The van der Waals surface area contributed by atoms with Crippen LogP contribution in [-0.4, -0.2) is 40.4 Å². The molecule has 2 rings (SSSR count). The number of carbonyl (C=O) groups excluding carboxylic acids is 1. The molecule has 0 radical (unpaired) electrons. The van der Waals surface area contributed by atoms with Gasteiger partial charge in [-0.15, -0.1) is 0 Å². The highest BCUT2D eigenvalue weighted by Gasteiger charge is 2.16. The van der Waals surface area contributed by atoms with E-state index in [1.54, 1.807) is 32.4 Å². The summed E-state index contributed by atoms with van der Waals surface area (Å²) < 4.78 is 31.0. The Morgan fingerprint density at radius 3 is 2.40 bits per heavy atom. The fourth-order valence-electron chi connectivity index (χ4n) is 2.31. The average molecular weight is 383 g/mol. The highest BCUT2D eigenvalue weighted by molar-refractivity contribution is 7.89. The molecule has 0 aromatic heterocycles. The number of rotatable bonds is 6. The molecule has 0 heterocycles. The van der Waals surface area contributed by atoms with Crippen LogP contribution in [0.3, 0.4) is 0 Å². The van der Waals surface area contributed by atoms with Crippen molar-refractivity contribution in [2.45, 2.75) is 11.4 Å². The van der Waals surface area contributed by atoms with Crippen LogP contribution >= 0.6 is 11.6 Å². The van der Waals surface area contributed by atoms with Crippen molar-refractivity contribution in [3.8, 4) is 5.75 Å². The molecule has 0 atom stereocenters. The first kappa shape index (κ1) is 19.2. The third kappa shape index (κ3) is 4.50. The average Bonchev–Trinajstić information content (AvgIpc) is 2.61. The minimum absolute atomic E-state index is 0.103. The van der Waals surface area contributed by atoms with Crippen LogP contribution in [0.1, 0.15) is 15.9 Å². The van der Waals surface area contributed by atoms with Crippen molar-refractivity contribution in [3.05, 3.63) is 58.6 Å². The minimum Gasteiger partial charge on any atom is -0.496 e. The maximum absolute atomic E-state index is 12.6. The Kier molecular flexibility index (Phi) is 6.05. The van der Waals surface area contributed by atoms with Gasteiger partial charge in [0.05, 0.1) is 12.0 Å². The minimum atomic E-state index is -3.53. The van der Waals surface area contributed by atoms with E-state index in [-0.39, 0.29) is 10.8 Å². The van der Waals surface area contributed by atoms with Gasteiger partial charge in [0.25, 0.3) is 5.91 Å². The Bertz CT molecular complexity index is 867. The summed E-state index contributed by atoms with van der Waals surface area (Å²) >= 11 is 6.01. The van der Waals surface area contributed by atoms with Gasteiger partial charge in [0.2, 0.25) is 10.0 Å². The molecule has 2 aromatic rings. The quantitative estimate of drug-likeness (QED) is 0.833. The molecule has 0 aliphatic heterocycles. The first-order valence-electron chi connectivity index (χ1n) is 7.40. The van der Waals surface area contributed by atoms with Gasteiger partial charge in [-0.1, -0.05) is 11.6 Å². The monoisotopic (exact) mass is 382 g/mol. The van der Waals surface area contributed by atoms with E-state index in [0.717, 1.165) is 5.56 Å².